The summed E-state index contributed by atoms with van der Waals surface area (Å²) in [6, 6.07) is 14.3. The number of carbonyl (C=O) groups is 2. The minimum absolute atomic E-state index is 0.0337. The van der Waals surface area contributed by atoms with Gasteiger partial charge in [0.1, 0.15) is 5.82 Å². The number of rotatable bonds is 8. The van der Waals surface area contributed by atoms with Gasteiger partial charge >= 0.3 is 0 Å². The normalized spacial score (nSPS) is 23.6. The molecule has 2 unspecified atom stereocenters. The van der Waals surface area contributed by atoms with Gasteiger partial charge in [0.05, 0.1) is 4.91 Å². The number of nitrogens with zero attached hydrogens (tertiary/aromatic N) is 3. The van der Waals surface area contributed by atoms with Crippen molar-refractivity contribution < 1.29 is 14.0 Å². The molecule has 39 heavy (non-hydrogen) atoms. The van der Waals surface area contributed by atoms with Crippen molar-refractivity contribution in [2.75, 3.05) is 46.3 Å². The topological polar surface area (TPSA) is 55.9 Å². The third-order valence-electron chi connectivity index (χ3n) is 8.12. The number of likely N-dealkylation sites (N-methyl/N-ethyl adjacent to an activating group) is 1. The van der Waals surface area contributed by atoms with E-state index in [1.165, 1.54) is 6.07 Å². The Labute approximate surface area is 235 Å². The third-order valence-corrected chi connectivity index (χ3v) is 9.52. The number of amides is 2. The Hall–Kier alpha value is -2.68. The van der Waals surface area contributed by atoms with Gasteiger partial charge in [-0.1, -0.05) is 43.2 Å². The van der Waals surface area contributed by atoms with Crippen LogP contribution in [0.2, 0.25) is 0 Å². The summed E-state index contributed by atoms with van der Waals surface area (Å²) >= 11 is 1.66. The second-order valence-corrected chi connectivity index (χ2v) is 12.2. The molecule has 2 amide bonds. The summed E-state index contributed by atoms with van der Waals surface area (Å²) in [4.78, 5) is 33.6. The SMILES string of the molecule is CN1CCN(CCCNC(=O)c2ccc(/C=C3\SC4CCCCC4N(Cc4ccccc4F)C3=O)cc2)CC1. The molecule has 2 saturated heterocycles. The molecule has 3 aliphatic rings. The number of fused-ring (bicyclic) bond motifs is 1. The van der Waals surface area contributed by atoms with E-state index in [4.69, 9.17) is 0 Å². The molecule has 1 aliphatic carbocycles. The average Bonchev–Trinajstić information content (AvgIpc) is 2.95. The maximum Gasteiger partial charge on any atom is 0.260 e. The zero-order chi connectivity index (χ0) is 27.2. The van der Waals surface area contributed by atoms with Gasteiger partial charge in [-0.3, -0.25) is 9.59 Å². The molecule has 2 atom stereocenters. The van der Waals surface area contributed by atoms with E-state index in [0.29, 0.717) is 34.4 Å². The van der Waals surface area contributed by atoms with Gasteiger partial charge in [0, 0.05) is 61.7 Å². The summed E-state index contributed by atoms with van der Waals surface area (Å²) in [7, 11) is 2.15. The van der Waals surface area contributed by atoms with E-state index >= 15 is 0 Å². The summed E-state index contributed by atoms with van der Waals surface area (Å²) < 4.78 is 14.4. The predicted molar refractivity (Wildman–Crippen MR) is 156 cm³/mol. The lowest BCUT2D eigenvalue weighted by atomic mass is 9.92. The molecular formula is C31H39FN4O2S. The number of hydrogen-bond acceptors (Lipinski definition) is 5. The highest BCUT2D eigenvalue weighted by Gasteiger charge is 2.40. The maximum absolute atomic E-state index is 14.4. The lowest BCUT2D eigenvalue weighted by molar-refractivity contribution is -0.130. The molecule has 2 aromatic rings. The summed E-state index contributed by atoms with van der Waals surface area (Å²) in [6.45, 7) is 6.33. The quantitative estimate of drug-likeness (QED) is 0.384. The zero-order valence-corrected chi connectivity index (χ0v) is 23.6. The third kappa shape index (κ3) is 7.10. The summed E-state index contributed by atoms with van der Waals surface area (Å²) in [5, 5.41) is 3.36. The first kappa shape index (κ1) is 27.9. The van der Waals surface area contributed by atoms with Crippen LogP contribution in [-0.4, -0.2) is 84.1 Å². The number of piperazine rings is 1. The second-order valence-electron chi connectivity index (χ2n) is 10.9. The maximum atomic E-state index is 14.4. The Bertz CT molecular complexity index is 1180. The first-order chi connectivity index (χ1) is 19.0. The van der Waals surface area contributed by atoms with E-state index in [1.807, 2.05) is 41.3 Å². The molecule has 1 N–H and O–H groups in total. The molecular weight excluding hydrogens is 511 g/mol. The number of thioether (sulfide) groups is 1. The standard InChI is InChI=1S/C31H39FN4O2S/c1-34-17-19-35(20-18-34)16-6-15-33-30(37)24-13-11-23(12-14-24)21-29-31(38)36(22-25-7-2-3-8-26(25)32)27-9-4-5-10-28(27)39-29/h2-3,7-8,11-14,21,27-28H,4-6,9-10,15-20,22H2,1H3,(H,33,37)/b29-21-. The van der Waals surface area contributed by atoms with Gasteiger partial charge in [0.25, 0.3) is 11.8 Å². The van der Waals surface area contributed by atoms with Gasteiger partial charge in [0.2, 0.25) is 0 Å². The van der Waals surface area contributed by atoms with Crippen molar-refractivity contribution in [3.63, 3.8) is 0 Å². The van der Waals surface area contributed by atoms with Crippen molar-refractivity contribution in [1.29, 1.82) is 0 Å². The van der Waals surface area contributed by atoms with Crippen LogP contribution in [0.3, 0.4) is 0 Å². The predicted octanol–water partition coefficient (Wildman–Crippen LogP) is 4.62. The molecule has 5 rings (SSSR count). The van der Waals surface area contributed by atoms with Gasteiger partial charge in [-0.2, -0.15) is 0 Å². The lowest BCUT2D eigenvalue weighted by Gasteiger charge is -2.44. The highest BCUT2D eigenvalue weighted by molar-refractivity contribution is 8.04. The largest absolute Gasteiger partial charge is 0.352 e. The molecule has 0 bridgehead atoms. The number of carbonyl (C=O) groups excluding carboxylic acids is 2. The van der Waals surface area contributed by atoms with Crippen LogP contribution in [0.1, 0.15) is 53.6 Å². The number of nitrogens with one attached hydrogen (secondary N) is 1. The van der Waals surface area contributed by atoms with Gasteiger partial charge in [-0.15, -0.1) is 11.8 Å². The van der Waals surface area contributed by atoms with Crippen molar-refractivity contribution in [3.8, 4) is 0 Å². The van der Waals surface area contributed by atoms with Gasteiger partial charge in [-0.05, 0) is 62.7 Å². The Morgan fingerprint density at radius 2 is 1.79 bits per heavy atom. The van der Waals surface area contributed by atoms with Crippen molar-refractivity contribution >= 4 is 29.7 Å². The fraction of sp³-hybridized carbons (Fsp3) is 0.484. The smallest absolute Gasteiger partial charge is 0.260 e. The van der Waals surface area contributed by atoms with Gasteiger partial charge in [-0.25, -0.2) is 4.39 Å². The van der Waals surface area contributed by atoms with Gasteiger partial charge < -0.3 is 20.0 Å². The van der Waals surface area contributed by atoms with E-state index in [-0.39, 0.29) is 23.7 Å². The molecule has 2 heterocycles. The molecule has 2 aromatic carbocycles. The van der Waals surface area contributed by atoms with Crippen molar-refractivity contribution in [2.24, 2.45) is 0 Å². The average molecular weight is 551 g/mol. The van der Waals surface area contributed by atoms with Crippen molar-refractivity contribution in [2.45, 2.75) is 49.9 Å². The Kier molecular flexibility index (Phi) is 9.37. The van der Waals surface area contributed by atoms with E-state index in [2.05, 4.69) is 22.2 Å². The molecule has 0 radical (unpaired) electrons. The lowest BCUT2D eigenvalue weighted by Crippen LogP contribution is -2.50. The molecule has 6 nitrogen and oxygen atoms in total. The minimum atomic E-state index is -0.269. The van der Waals surface area contributed by atoms with Crippen LogP contribution >= 0.6 is 11.8 Å². The summed E-state index contributed by atoms with van der Waals surface area (Å²) in [6.07, 6.45) is 7.13. The molecule has 1 saturated carbocycles. The molecule has 0 spiro atoms. The molecule has 208 valence electrons. The first-order valence-corrected chi connectivity index (χ1v) is 15.1. The zero-order valence-electron chi connectivity index (χ0n) is 22.8. The summed E-state index contributed by atoms with van der Waals surface area (Å²) in [5.74, 6) is -0.375. The number of hydrogen-bond donors (Lipinski definition) is 1. The Morgan fingerprint density at radius 3 is 2.56 bits per heavy atom. The molecule has 8 heteroatoms. The van der Waals surface area contributed by atoms with Crippen LogP contribution in [0.15, 0.2) is 53.4 Å². The fourth-order valence-electron chi connectivity index (χ4n) is 5.73. The minimum Gasteiger partial charge on any atom is -0.352 e. The second kappa shape index (κ2) is 13.1. The molecule has 3 fully saturated rings. The van der Waals surface area contributed by atoms with Crippen LogP contribution in [-0.2, 0) is 11.3 Å². The van der Waals surface area contributed by atoms with Crippen molar-refractivity contribution in [3.05, 3.63) is 75.9 Å². The fourth-order valence-corrected chi connectivity index (χ4v) is 7.21. The van der Waals surface area contributed by atoms with Crippen LogP contribution < -0.4 is 5.32 Å². The first-order valence-electron chi connectivity index (χ1n) is 14.2. The molecule has 2 aliphatic heterocycles. The van der Waals surface area contributed by atoms with E-state index < -0.39 is 0 Å². The van der Waals surface area contributed by atoms with E-state index in [0.717, 1.165) is 70.4 Å². The highest BCUT2D eigenvalue weighted by atomic mass is 32.2. The van der Waals surface area contributed by atoms with E-state index in [9.17, 15) is 14.0 Å². The Balaban J connectivity index is 1.20. The van der Waals surface area contributed by atoms with Crippen LogP contribution in [0.25, 0.3) is 6.08 Å². The van der Waals surface area contributed by atoms with Crippen LogP contribution in [0, 0.1) is 5.82 Å². The monoisotopic (exact) mass is 550 g/mol. The van der Waals surface area contributed by atoms with Crippen LogP contribution in [0.4, 0.5) is 4.39 Å². The summed E-state index contributed by atoms with van der Waals surface area (Å²) in [5.41, 5.74) is 2.06. The van der Waals surface area contributed by atoms with Crippen molar-refractivity contribution in [1.82, 2.24) is 20.0 Å². The Morgan fingerprint density at radius 1 is 1.05 bits per heavy atom. The van der Waals surface area contributed by atoms with E-state index in [1.54, 1.807) is 23.9 Å². The molecule has 0 aromatic heterocycles. The number of halogens is 1. The van der Waals surface area contributed by atoms with Crippen LogP contribution in [0.5, 0.6) is 0 Å². The number of benzene rings is 2. The highest BCUT2D eigenvalue weighted by Crippen LogP contribution is 2.42. The van der Waals surface area contributed by atoms with Gasteiger partial charge in [0.15, 0.2) is 0 Å².